The minimum atomic E-state index is -0.487. The van der Waals surface area contributed by atoms with Crippen LogP contribution in [0.1, 0.15) is 12.0 Å². The summed E-state index contributed by atoms with van der Waals surface area (Å²) in [4.78, 5) is 36.1. The van der Waals surface area contributed by atoms with E-state index in [0.29, 0.717) is 11.7 Å². The first-order valence-electron chi connectivity index (χ1n) is 7.84. The van der Waals surface area contributed by atoms with Gasteiger partial charge in [-0.25, -0.2) is 9.97 Å². The van der Waals surface area contributed by atoms with Crippen LogP contribution in [0, 0.1) is 0 Å². The molecule has 1 aliphatic rings. The van der Waals surface area contributed by atoms with Gasteiger partial charge in [-0.05, 0) is 18.1 Å². The zero-order chi connectivity index (χ0) is 17.5. The molecule has 2 aromatic rings. The zero-order valence-corrected chi connectivity index (χ0v) is 14.2. The molecule has 2 N–H and O–H groups in total. The predicted octanol–water partition coefficient (Wildman–Crippen LogP) is 1.44. The van der Waals surface area contributed by atoms with E-state index < -0.39 is 5.25 Å². The van der Waals surface area contributed by atoms with Gasteiger partial charge in [-0.1, -0.05) is 42.1 Å². The molecule has 8 heteroatoms. The van der Waals surface area contributed by atoms with Crippen LogP contribution in [0.3, 0.4) is 0 Å². The van der Waals surface area contributed by atoms with Crippen LogP contribution in [-0.4, -0.2) is 38.7 Å². The van der Waals surface area contributed by atoms with Gasteiger partial charge in [0.15, 0.2) is 5.17 Å². The lowest BCUT2D eigenvalue weighted by Crippen LogP contribution is -2.32. The SMILES string of the molecule is O=C(CC1S/C(=N\c2ncccn2)NC1=O)NCCc1ccccc1. The molecule has 1 unspecified atom stereocenters. The molecule has 1 atom stereocenters. The molecular formula is C17H17N5O2S. The number of nitrogens with zero attached hydrogens (tertiary/aromatic N) is 3. The van der Waals surface area contributed by atoms with E-state index in [9.17, 15) is 9.59 Å². The number of hydrogen-bond acceptors (Lipinski definition) is 6. The maximum Gasteiger partial charge on any atom is 0.251 e. The number of nitrogens with one attached hydrogen (secondary N) is 2. The molecule has 0 radical (unpaired) electrons. The highest BCUT2D eigenvalue weighted by atomic mass is 32.2. The number of carbonyl (C=O) groups excluding carboxylic acids is 2. The summed E-state index contributed by atoms with van der Waals surface area (Å²) in [7, 11) is 0. The van der Waals surface area contributed by atoms with Crippen LogP contribution in [0.15, 0.2) is 53.8 Å². The molecule has 2 amide bonds. The fourth-order valence-electron chi connectivity index (χ4n) is 2.26. The fourth-order valence-corrected chi connectivity index (χ4v) is 3.23. The zero-order valence-electron chi connectivity index (χ0n) is 13.4. The Morgan fingerprint density at radius 3 is 2.72 bits per heavy atom. The van der Waals surface area contributed by atoms with Crippen molar-refractivity contribution in [3.63, 3.8) is 0 Å². The highest BCUT2D eigenvalue weighted by Crippen LogP contribution is 2.23. The number of rotatable bonds is 6. The highest BCUT2D eigenvalue weighted by molar-refractivity contribution is 8.15. The molecular weight excluding hydrogens is 338 g/mol. The van der Waals surface area contributed by atoms with E-state index in [0.717, 1.165) is 12.0 Å². The second-order valence-corrected chi connectivity index (χ2v) is 6.54. The number of thioether (sulfide) groups is 1. The average molecular weight is 355 g/mol. The second-order valence-electron chi connectivity index (χ2n) is 5.35. The van der Waals surface area contributed by atoms with Crippen LogP contribution in [0.2, 0.25) is 0 Å². The van der Waals surface area contributed by atoms with Crippen LogP contribution in [0.25, 0.3) is 0 Å². The number of carbonyl (C=O) groups is 2. The largest absolute Gasteiger partial charge is 0.356 e. The maximum atomic E-state index is 12.0. The minimum Gasteiger partial charge on any atom is -0.356 e. The van der Waals surface area contributed by atoms with Gasteiger partial charge in [-0.2, -0.15) is 4.99 Å². The number of aromatic nitrogens is 2. The molecule has 0 spiro atoms. The van der Waals surface area contributed by atoms with Gasteiger partial charge >= 0.3 is 0 Å². The van der Waals surface area contributed by atoms with E-state index in [1.54, 1.807) is 18.5 Å². The third-order valence-electron chi connectivity index (χ3n) is 3.48. The van der Waals surface area contributed by atoms with E-state index in [-0.39, 0.29) is 24.2 Å². The summed E-state index contributed by atoms with van der Waals surface area (Å²) in [5.74, 6) is -0.100. The van der Waals surface area contributed by atoms with E-state index in [1.165, 1.54) is 11.8 Å². The maximum absolute atomic E-state index is 12.0. The van der Waals surface area contributed by atoms with Crippen molar-refractivity contribution < 1.29 is 9.59 Å². The monoisotopic (exact) mass is 355 g/mol. The Kier molecular flexibility index (Phi) is 5.73. The molecule has 1 aromatic heterocycles. The summed E-state index contributed by atoms with van der Waals surface area (Å²) in [6, 6.07) is 11.6. The van der Waals surface area contributed by atoms with Crippen molar-refractivity contribution in [1.29, 1.82) is 0 Å². The molecule has 0 bridgehead atoms. The Balaban J connectivity index is 1.47. The predicted molar refractivity (Wildman–Crippen MR) is 96.4 cm³/mol. The Morgan fingerprint density at radius 2 is 1.96 bits per heavy atom. The molecule has 1 aliphatic heterocycles. The molecule has 1 aromatic carbocycles. The van der Waals surface area contributed by atoms with Crippen LogP contribution < -0.4 is 10.6 Å². The standard InChI is InChI=1S/C17H17N5O2S/c23-14(18-10-7-12-5-2-1-3-6-12)11-13-15(24)21-17(25-13)22-16-19-8-4-9-20-16/h1-6,8-9,13H,7,10-11H2,(H,18,23)(H,19,20,21,22,24). The molecule has 0 saturated carbocycles. The van der Waals surface area contributed by atoms with Crippen molar-refractivity contribution >= 4 is 34.7 Å². The van der Waals surface area contributed by atoms with Crippen molar-refractivity contribution in [3.8, 4) is 0 Å². The van der Waals surface area contributed by atoms with Gasteiger partial charge in [0.2, 0.25) is 11.8 Å². The minimum absolute atomic E-state index is 0.111. The van der Waals surface area contributed by atoms with Gasteiger partial charge in [0, 0.05) is 25.4 Å². The summed E-state index contributed by atoms with van der Waals surface area (Å²) in [6.07, 6.45) is 4.02. The van der Waals surface area contributed by atoms with Gasteiger partial charge in [0.25, 0.3) is 5.95 Å². The first-order chi connectivity index (χ1) is 12.2. The second kappa shape index (κ2) is 8.39. The summed E-state index contributed by atoms with van der Waals surface area (Å²) >= 11 is 1.22. The summed E-state index contributed by atoms with van der Waals surface area (Å²) < 4.78 is 0. The first kappa shape index (κ1) is 17.1. The van der Waals surface area contributed by atoms with E-state index >= 15 is 0 Å². The van der Waals surface area contributed by atoms with E-state index in [2.05, 4.69) is 25.6 Å². The Hall–Kier alpha value is -2.74. The Morgan fingerprint density at radius 1 is 1.20 bits per heavy atom. The Bertz CT molecular complexity index is 767. The molecule has 25 heavy (non-hydrogen) atoms. The summed E-state index contributed by atoms with van der Waals surface area (Å²) in [6.45, 7) is 0.542. The smallest absolute Gasteiger partial charge is 0.251 e. The number of amides is 2. The summed E-state index contributed by atoms with van der Waals surface area (Å²) in [5.41, 5.74) is 1.16. The number of aliphatic imine (C=N–C) groups is 1. The molecule has 0 aliphatic carbocycles. The van der Waals surface area contributed by atoms with Crippen LogP contribution in [-0.2, 0) is 16.0 Å². The Labute approximate surface area is 149 Å². The van der Waals surface area contributed by atoms with Crippen molar-refractivity contribution in [2.75, 3.05) is 6.54 Å². The van der Waals surface area contributed by atoms with Gasteiger partial charge < -0.3 is 10.6 Å². The van der Waals surface area contributed by atoms with Crippen molar-refractivity contribution in [2.45, 2.75) is 18.1 Å². The molecule has 1 fully saturated rings. The molecule has 3 rings (SSSR count). The van der Waals surface area contributed by atoms with E-state index in [1.807, 2.05) is 30.3 Å². The normalized spacial score (nSPS) is 18.2. The van der Waals surface area contributed by atoms with Crippen molar-refractivity contribution in [2.24, 2.45) is 4.99 Å². The fraction of sp³-hybridized carbons (Fsp3) is 0.235. The van der Waals surface area contributed by atoms with Crippen molar-refractivity contribution in [3.05, 3.63) is 54.4 Å². The van der Waals surface area contributed by atoms with Crippen molar-refractivity contribution in [1.82, 2.24) is 20.6 Å². The van der Waals surface area contributed by atoms with E-state index in [4.69, 9.17) is 0 Å². The third-order valence-corrected chi connectivity index (χ3v) is 4.56. The highest BCUT2D eigenvalue weighted by Gasteiger charge is 2.32. The number of benzene rings is 1. The molecule has 128 valence electrons. The topological polar surface area (TPSA) is 96.3 Å². The lowest BCUT2D eigenvalue weighted by molar-refractivity contribution is -0.125. The quantitative estimate of drug-likeness (QED) is 0.817. The van der Waals surface area contributed by atoms with Gasteiger partial charge in [-0.15, -0.1) is 0 Å². The average Bonchev–Trinajstić information content (AvgIpc) is 2.96. The van der Waals surface area contributed by atoms with Gasteiger partial charge in [-0.3, -0.25) is 9.59 Å². The summed E-state index contributed by atoms with van der Waals surface area (Å²) in [5, 5.41) is 5.43. The molecule has 1 saturated heterocycles. The number of amidine groups is 1. The van der Waals surface area contributed by atoms with Crippen LogP contribution >= 0.6 is 11.8 Å². The number of hydrogen-bond donors (Lipinski definition) is 2. The third kappa shape index (κ3) is 5.12. The lowest BCUT2D eigenvalue weighted by Gasteiger charge is -2.07. The lowest BCUT2D eigenvalue weighted by atomic mass is 10.1. The molecule has 7 nitrogen and oxygen atoms in total. The van der Waals surface area contributed by atoms with Gasteiger partial charge in [0.1, 0.15) is 5.25 Å². The van der Waals surface area contributed by atoms with Crippen LogP contribution in [0.4, 0.5) is 5.95 Å². The molecule has 2 heterocycles. The van der Waals surface area contributed by atoms with Crippen LogP contribution in [0.5, 0.6) is 0 Å². The first-order valence-corrected chi connectivity index (χ1v) is 8.72. The van der Waals surface area contributed by atoms with Gasteiger partial charge in [0.05, 0.1) is 0 Å².